The Labute approximate surface area is 187 Å². The third-order valence-corrected chi connectivity index (χ3v) is 6.84. The fourth-order valence-corrected chi connectivity index (χ4v) is 5.27. The van der Waals surface area contributed by atoms with E-state index in [-0.39, 0.29) is 29.7 Å². The smallest absolute Gasteiger partial charge is 0.223 e. The number of ether oxygens (including phenoxy) is 2. The van der Waals surface area contributed by atoms with E-state index in [4.69, 9.17) is 15.2 Å². The summed E-state index contributed by atoms with van der Waals surface area (Å²) in [6, 6.07) is 5.49. The number of fused-ring (bicyclic) bond motifs is 3. The summed E-state index contributed by atoms with van der Waals surface area (Å²) in [7, 11) is 3.21. The molecule has 5 rings (SSSR count). The molecule has 1 fully saturated rings. The number of rotatable bonds is 6. The fourth-order valence-electron chi connectivity index (χ4n) is 4.85. The van der Waals surface area contributed by atoms with Crippen molar-refractivity contribution >= 4 is 38.7 Å². The van der Waals surface area contributed by atoms with Crippen molar-refractivity contribution in [2.45, 2.75) is 12.5 Å². The molecular formula is C22H22BrN5O3. The first-order chi connectivity index (χ1) is 15.0. The zero-order chi connectivity index (χ0) is 21.7. The number of carbonyl (C=O) groups excluding carboxylic acids is 1. The minimum atomic E-state index is -0.278. The molecule has 0 spiro atoms. The van der Waals surface area contributed by atoms with Crippen molar-refractivity contribution in [2.24, 2.45) is 23.5 Å². The van der Waals surface area contributed by atoms with Crippen molar-refractivity contribution in [3.05, 3.63) is 41.0 Å². The van der Waals surface area contributed by atoms with Gasteiger partial charge in [0.2, 0.25) is 5.91 Å². The molecule has 9 heteroatoms. The van der Waals surface area contributed by atoms with E-state index in [0.717, 1.165) is 22.1 Å². The maximum Gasteiger partial charge on any atom is 0.223 e. The van der Waals surface area contributed by atoms with Crippen molar-refractivity contribution in [3.63, 3.8) is 0 Å². The number of carbonyl (C=O) groups is 1. The Morgan fingerprint density at radius 2 is 1.94 bits per heavy atom. The number of anilines is 1. The van der Waals surface area contributed by atoms with Gasteiger partial charge in [-0.25, -0.2) is 9.97 Å². The van der Waals surface area contributed by atoms with Crippen LogP contribution >= 0.6 is 15.9 Å². The molecule has 2 bridgehead atoms. The Morgan fingerprint density at radius 3 is 2.61 bits per heavy atom. The zero-order valence-corrected chi connectivity index (χ0v) is 18.6. The highest BCUT2D eigenvalue weighted by Gasteiger charge is 2.47. The van der Waals surface area contributed by atoms with Crippen LogP contribution in [0, 0.1) is 17.8 Å². The van der Waals surface area contributed by atoms with E-state index in [0.29, 0.717) is 28.5 Å². The number of amides is 1. The van der Waals surface area contributed by atoms with Crippen LogP contribution in [0.3, 0.4) is 0 Å². The quantitative estimate of drug-likeness (QED) is 0.462. The normalized spacial score (nSPS) is 24.0. The Morgan fingerprint density at radius 1 is 1.23 bits per heavy atom. The highest BCUT2D eigenvalue weighted by atomic mass is 79.9. The van der Waals surface area contributed by atoms with E-state index in [9.17, 15) is 4.79 Å². The van der Waals surface area contributed by atoms with Gasteiger partial charge in [0.15, 0.2) is 5.65 Å². The summed E-state index contributed by atoms with van der Waals surface area (Å²) in [4.78, 5) is 24.7. The standard InChI is InChI=1S/C22H22BrN5O3/c1-30-13-4-3-5-14(31-2)16(13)21-27-19-18(12(23)9-25-22(19)28-21)26-17-11-7-6-10(8-11)15(17)20(24)29/h3-7,9-11,15,17H,8H2,1-2H3,(H2,24,29)(H2,25,26,27,28)/t10-,11-,15+,17-/m1/s1. The van der Waals surface area contributed by atoms with E-state index in [1.54, 1.807) is 20.4 Å². The molecule has 0 aliphatic heterocycles. The van der Waals surface area contributed by atoms with Gasteiger partial charge < -0.3 is 25.5 Å². The number of H-pyrrole nitrogens is 1. The van der Waals surface area contributed by atoms with Crippen molar-refractivity contribution in [3.8, 4) is 22.9 Å². The highest BCUT2D eigenvalue weighted by molar-refractivity contribution is 9.10. The largest absolute Gasteiger partial charge is 0.496 e. The van der Waals surface area contributed by atoms with Crippen molar-refractivity contribution < 1.29 is 14.3 Å². The molecule has 4 N–H and O–H groups in total. The number of methoxy groups -OCH3 is 2. The molecule has 31 heavy (non-hydrogen) atoms. The van der Waals surface area contributed by atoms with Gasteiger partial charge in [-0.3, -0.25) is 4.79 Å². The van der Waals surface area contributed by atoms with Gasteiger partial charge in [0.1, 0.15) is 28.4 Å². The molecule has 8 nitrogen and oxygen atoms in total. The number of nitrogens with zero attached hydrogens (tertiary/aromatic N) is 2. The lowest BCUT2D eigenvalue weighted by Crippen LogP contribution is -2.41. The van der Waals surface area contributed by atoms with E-state index >= 15 is 0 Å². The number of nitrogens with two attached hydrogens (primary N) is 1. The molecule has 1 amide bonds. The molecule has 3 aromatic rings. The molecule has 4 atom stereocenters. The van der Waals surface area contributed by atoms with Gasteiger partial charge >= 0.3 is 0 Å². The second-order valence-corrected chi connectivity index (χ2v) is 8.70. The SMILES string of the molecule is COc1cccc(OC)c1-c1nc2ncc(Br)c(N[C@H]3[C@@H](C(N)=O)[C@@H]4C=C[C@@H]3C4)c2[nH]1. The summed E-state index contributed by atoms with van der Waals surface area (Å²) in [6.45, 7) is 0. The highest BCUT2D eigenvalue weighted by Crippen LogP contribution is 2.46. The predicted octanol–water partition coefficient (Wildman–Crippen LogP) is 3.49. The van der Waals surface area contributed by atoms with E-state index in [2.05, 4.69) is 48.4 Å². The lowest BCUT2D eigenvalue weighted by Gasteiger charge is -2.28. The molecule has 2 aliphatic carbocycles. The molecule has 0 saturated heterocycles. The van der Waals surface area contributed by atoms with E-state index in [1.807, 2.05) is 18.2 Å². The number of pyridine rings is 1. The molecule has 0 unspecified atom stereocenters. The van der Waals surface area contributed by atoms with E-state index < -0.39 is 0 Å². The lowest BCUT2D eigenvalue weighted by atomic mass is 9.88. The molecule has 0 radical (unpaired) electrons. The van der Waals surface area contributed by atoms with Gasteiger partial charge in [0.25, 0.3) is 0 Å². The molecular weight excluding hydrogens is 462 g/mol. The first-order valence-corrected chi connectivity index (χ1v) is 10.8. The van der Waals surface area contributed by atoms with Crippen molar-refractivity contribution in [1.29, 1.82) is 0 Å². The second-order valence-electron chi connectivity index (χ2n) is 7.85. The number of aromatic amines is 1. The first-order valence-electron chi connectivity index (χ1n) is 10.0. The number of hydrogen-bond donors (Lipinski definition) is 3. The number of imidazole rings is 1. The summed E-state index contributed by atoms with van der Waals surface area (Å²) in [5.74, 6) is 1.78. The van der Waals surface area contributed by atoms with Gasteiger partial charge in [0, 0.05) is 12.2 Å². The van der Waals surface area contributed by atoms with Crippen molar-refractivity contribution in [1.82, 2.24) is 15.0 Å². The number of allylic oxidation sites excluding steroid dienone is 1. The summed E-state index contributed by atoms with van der Waals surface area (Å²) in [6.07, 6.45) is 6.92. The van der Waals surface area contributed by atoms with Crippen LogP contribution in [-0.2, 0) is 4.79 Å². The molecule has 2 aromatic heterocycles. The predicted molar refractivity (Wildman–Crippen MR) is 121 cm³/mol. The summed E-state index contributed by atoms with van der Waals surface area (Å²) in [5, 5.41) is 3.56. The van der Waals surface area contributed by atoms with Gasteiger partial charge in [-0.2, -0.15) is 0 Å². The maximum absolute atomic E-state index is 12.1. The van der Waals surface area contributed by atoms with Crippen LogP contribution in [0.25, 0.3) is 22.6 Å². The molecule has 160 valence electrons. The minimum Gasteiger partial charge on any atom is -0.496 e. The Bertz CT molecular complexity index is 1190. The van der Waals surface area contributed by atoms with Gasteiger partial charge in [-0.15, -0.1) is 0 Å². The van der Waals surface area contributed by atoms with Crippen LogP contribution in [0.1, 0.15) is 6.42 Å². The number of aromatic nitrogens is 3. The topological polar surface area (TPSA) is 115 Å². The maximum atomic E-state index is 12.1. The average Bonchev–Trinajstić information content (AvgIpc) is 3.49. The monoisotopic (exact) mass is 483 g/mol. The Hall–Kier alpha value is -3.07. The number of nitrogens with one attached hydrogen (secondary N) is 2. The summed E-state index contributed by atoms with van der Waals surface area (Å²) < 4.78 is 11.8. The summed E-state index contributed by atoms with van der Waals surface area (Å²) >= 11 is 3.60. The van der Waals surface area contributed by atoms with Crippen LogP contribution in [0.15, 0.2) is 41.0 Å². The average molecular weight is 484 g/mol. The van der Waals surface area contributed by atoms with Gasteiger partial charge in [-0.05, 0) is 46.3 Å². The van der Waals surface area contributed by atoms with Crippen LogP contribution in [-0.4, -0.2) is 41.1 Å². The number of primary amides is 1. The molecule has 2 aliphatic rings. The Balaban J connectivity index is 1.60. The third kappa shape index (κ3) is 3.15. The Kier molecular flexibility index (Phi) is 4.85. The minimum absolute atomic E-state index is 0.0815. The lowest BCUT2D eigenvalue weighted by molar-refractivity contribution is -0.122. The molecule has 1 aromatic carbocycles. The summed E-state index contributed by atoms with van der Waals surface area (Å²) in [5.41, 5.74) is 8.53. The second kappa shape index (κ2) is 7.56. The van der Waals surface area contributed by atoms with Crippen molar-refractivity contribution in [2.75, 3.05) is 19.5 Å². The third-order valence-electron chi connectivity index (χ3n) is 6.24. The fraction of sp³-hybridized carbons (Fsp3) is 0.318. The van der Waals surface area contributed by atoms with Crippen LogP contribution < -0.4 is 20.5 Å². The van der Waals surface area contributed by atoms with E-state index in [1.165, 1.54) is 0 Å². The molecule has 1 saturated carbocycles. The molecule has 2 heterocycles. The first kappa shape index (κ1) is 19.9. The number of benzene rings is 1. The number of halogens is 1. The van der Waals surface area contributed by atoms with Gasteiger partial charge in [-0.1, -0.05) is 18.2 Å². The van der Waals surface area contributed by atoms with Gasteiger partial charge in [0.05, 0.1) is 30.3 Å². The zero-order valence-electron chi connectivity index (χ0n) is 17.1. The van der Waals surface area contributed by atoms with Crippen LogP contribution in [0.2, 0.25) is 0 Å². The van der Waals surface area contributed by atoms with Crippen LogP contribution in [0.4, 0.5) is 5.69 Å². The number of hydrogen-bond acceptors (Lipinski definition) is 6. The van der Waals surface area contributed by atoms with Crippen LogP contribution in [0.5, 0.6) is 11.5 Å².